The Kier molecular flexibility index (Phi) is 5.29. The van der Waals surface area contributed by atoms with Gasteiger partial charge in [0, 0.05) is 18.2 Å². The van der Waals surface area contributed by atoms with Crippen LogP contribution in [0.15, 0.2) is 18.2 Å². The molecule has 5 heteroatoms. The first-order chi connectivity index (χ1) is 8.21. The van der Waals surface area contributed by atoms with Gasteiger partial charge in [-0.3, -0.25) is 0 Å². The van der Waals surface area contributed by atoms with E-state index in [-0.39, 0.29) is 6.61 Å². The summed E-state index contributed by atoms with van der Waals surface area (Å²) in [5.41, 5.74) is 0.956. The van der Waals surface area contributed by atoms with Crippen molar-refractivity contribution in [1.82, 2.24) is 5.32 Å². The van der Waals surface area contributed by atoms with Crippen molar-refractivity contribution in [3.05, 3.63) is 23.8 Å². The molecule has 0 unspecified atom stereocenters. The van der Waals surface area contributed by atoms with E-state index >= 15 is 0 Å². The van der Waals surface area contributed by atoms with Crippen LogP contribution in [0.3, 0.4) is 0 Å². The molecular formula is C12H17NO4. The summed E-state index contributed by atoms with van der Waals surface area (Å²) in [6.45, 7) is 0.543. The molecule has 1 aromatic rings. The number of hydrogen-bond acceptors (Lipinski definition) is 5. The fraction of sp³-hybridized carbons (Fsp3) is 0.417. The second-order valence-corrected chi connectivity index (χ2v) is 3.37. The number of rotatable bonds is 6. The van der Waals surface area contributed by atoms with Gasteiger partial charge in [0.25, 0.3) is 0 Å². The van der Waals surface area contributed by atoms with E-state index in [1.54, 1.807) is 13.2 Å². The lowest BCUT2D eigenvalue weighted by molar-refractivity contribution is -0.142. The monoisotopic (exact) mass is 239 g/mol. The van der Waals surface area contributed by atoms with E-state index in [1.807, 2.05) is 19.2 Å². The van der Waals surface area contributed by atoms with Gasteiger partial charge in [0.15, 0.2) is 6.61 Å². The molecule has 0 amide bonds. The van der Waals surface area contributed by atoms with E-state index in [4.69, 9.17) is 9.47 Å². The zero-order valence-electron chi connectivity index (χ0n) is 10.3. The van der Waals surface area contributed by atoms with Crippen molar-refractivity contribution in [3.8, 4) is 11.5 Å². The summed E-state index contributed by atoms with van der Waals surface area (Å²) >= 11 is 0. The summed E-state index contributed by atoms with van der Waals surface area (Å²) in [6.07, 6.45) is 0. The van der Waals surface area contributed by atoms with E-state index in [9.17, 15) is 4.79 Å². The van der Waals surface area contributed by atoms with Gasteiger partial charge in [-0.1, -0.05) is 6.07 Å². The number of methoxy groups -OCH3 is 2. The predicted octanol–water partition coefficient (Wildman–Crippen LogP) is 0.966. The standard InChI is InChI=1S/C12H17NO4/c1-13-7-9-4-5-10(15-2)6-11(9)17-8-12(14)16-3/h4-6,13H,7-8H2,1-3H3. The lowest BCUT2D eigenvalue weighted by Crippen LogP contribution is -2.14. The number of benzene rings is 1. The van der Waals surface area contributed by atoms with Gasteiger partial charge in [0.05, 0.1) is 14.2 Å². The van der Waals surface area contributed by atoms with Crippen LogP contribution < -0.4 is 14.8 Å². The van der Waals surface area contributed by atoms with Crippen molar-refractivity contribution in [2.75, 3.05) is 27.9 Å². The summed E-state index contributed by atoms with van der Waals surface area (Å²) in [5.74, 6) is 0.886. The first-order valence-corrected chi connectivity index (χ1v) is 5.22. The molecule has 0 spiro atoms. The molecule has 0 aromatic heterocycles. The molecule has 0 saturated carbocycles. The predicted molar refractivity (Wildman–Crippen MR) is 63.3 cm³/mol. The van der Waals surface area contributed by atoms with Gasteiger partial charge in [-0.2, -0.15) is 0 Å². The number of esters is 1. The Hall–Kier alpha value is -1.75. The Morgan fingerprint density at radius 1 is 1.35 bits per heavy atom. The maximum atomic E-state index is 11.0. The fourth-order valence-electron chi connectivity index (χ4n) is 1.33. The van der Waals surface area contributed by atoms with E-state index in [0.29, 0.717) is 18.0 Å². The van der Waals surface area contributed by atoms with Crippen LogP contribution in [-0.4, -0.2) is 33.8 Å². The third-order valence-corrected chi connectivity index (χ3v) is 2.21. The van der Waals surface area contributed by atoms with Crippen LogP contribution in [0.4, 0.5) is 0 Å². The van der Waals surface area contributed by atoms with Crippen LogP contribution in [0, 0.1) is 0 Å². The quantitative estimate of drug-likeness (QED) is 0.749. The van der Waals surface area contributed by atoms with Gasteiger partial charge >= 0.3 is 5.97 Å². The van der Waals surface area contributed by atoms with Crippen molar-refractivity contribution < 1.29 is 19.0 Å². The Morgan fingerprint density at radius 2 is 2.12 bits per heavy atom. The second kappa shape index (κ2) is 6.75. The molecule has 0 aliphatic heterocycles. The van der Waals surface area contributed by atoms with Crippen molar-refractivity contribution in [2.24, 2.45) is 0 Å². The van der Waals surface area contributed by atoms with E-state index < -0.39 is 5.97 Å². The van der Waals surface area contributed by atoms with Crippen molar-refractivity contribution >= 4 is 5.97 Å². The number of hydrogen-bond donors (Lipinski definition) is 1. The highest BCUT2D eigenvalue weighted by molar-refractivity contribution is 5.71. The number of nitrogens with one attached hydrogen (secondary N) is 1. The minimum absolute atomic E-state index is 0.111. The average Bonchev–Trinajstić information content (AvgIpc) is 2.37. The Morgan fingerprint density at radius 3 is 2.71 bits per heavy atom. The first kappa shape index (κ1) is 13.3. The van der Waals surface area contributed by atoms with Gasteiger partial charge in [0.2, 0.25) is 0 Å². The van der Waals surface area contributed by atoms with Crippen molar-refractivity contribution in [2.45, 2.75) is 6.54 Å². The van der Waals surface area contributed by atoms with Gasteiger partial charge in [-0.25, -0.2) is 4.79 Å². The third-order valence-electron chi connectivity index (χ3n) is 2.21. The normalized spacial score (nSPS) is 9.82. The number of ether oxygens (including phenoxy) is 3. The maximum absolute atomic E-state index is 11.0. The molecular weight excluding hydrogens is 222 g/mol. The van der Waals surface area contributed by atoms with E-state index in [1.165, 1.54) is 7.11 Å². The largest absolute Gasteiger partial charge is 0.497 e. The van der Waals surface area contributed by atoms with Crippen LogP contribution in [0.5, 0.6) is 11.5 Å². The smallest absolute Gasteiger partial charge is 0.343 e. The SMILES string of the molecule is CNCc1ccc(OC)cc1OCC(=O)OC. The molecule has 0 aliphatic carbocycles. The highest BCUT2D eigenvalue weighted by Crippen LogP contribution is 2.24. The fourth-order valence-corrected chi connectivity index (χ4v) is 1.33. The van der Waals surface area contributed by atoms with Gasteiger partial charge in [-0.05, 0) is 13.1 Å². The maximum Gasteiger partial charge on any atom is 0.343 e. The molecule has 0 radical (unpaired) electrons. The second-order valence-electron chi connectivity index (χ2n) is 3.37. The molecule has 1 aromatic carbocycles. The van der Waals surface area contributed by atoms with E-state index in [0.717, 1.165) is 5.56 Å². The zero-order chi connectivity index (χ0) is 12.7. The Balaban J connectivity index is 2.80. The Labute approximate surface area is 101 Å². The lowest BCUT2D eigenvalue weighted by atomic mass is 10.2. The third kappa shape index (κ3) is 3.96. The molecule has 0 aliphatic rings. The molecule has 17 heavy (non-hydrogen) atoms. The highest BCUT2D eigenvalue weighted by atomic mass is 16.6. The molecule has 0 fully saturated rings. The van der Waals surface area contributed by atoms with Crippen LogP contribution in [0.25, 0.3) is 0 Å². The summed E-state index contributed by atoms with van der Waals surface area (Å²) < 4.78 is 15.0. The molecule has 0 atom stereocenters. The highest BCUT2D eigenvalue weighted by Gasteiger charge is 2.08. The molecule has 0 bridgehead atoms. The lowest BCUT2D eigenvalue weighted by Gasteiger charge is -2.12. The van der Waals surface area contributed by atoms with Gasteiger partial charge < -0.3 is 19.5 Å². The summed E-state index contributed by atoms with van der Waals surface area (Å²) in [5, 5.41) is 3.03. The zero-order valence-corrected chi connectivity index (χ0v) is 10.3. The first-order valence-electron chi connectivity index (χ1n) is 5.22. The van der Waals surface area contributed by atoms with Crippen LogP contribution >= 0.6 is 0 Å². The van der Waals surface area contributed by atoms with Crippen LogP contribution in [0.1, 0.15) is 5.56 Å². The molecule has 1 N–H and O–H groups in total. The Bertz CT molecular complexity index is 379. The molecule has 1 rings (SSSR count). The minimum atomic E-state index is -0.414. The number of carbonyl (C=O) groups excluding carboxylic acids is 1. The summed E-state index contributed by atoms with van der Waals surface area (Å²) in [4.78, 5) is 11.0. The van der Waals surface area contributed by atoms with Crippen LogP contribution in [0.2, 0.25) is 0 Å². The van der Waals surface area contributed by atoms with E-state index in [2.05, 4.69) is 10.1 Å². The number of carbonyl (C=O) groups is 1. The molecule has 0 saturated heterocycles. The summed E-state index contributed by atoms with van der Waals surface area (Å²) in [7, 11) is 4.75. The van der Waals surface area contributed by atoms with Crippen LogP contribution in [-0.2, 0) is 16.1 Å². The summed E-state index contributed by atoms with van der Waals surface area (Å²) in [6, 6.07) is 5.48. The average molecular weight is 239 g/mol. The molecule has 5 nitrogen and oxygen atoms in total. The minimum Gasteiger partial charge on any atom is -0.497 e. The molecule has 94 valence electrons. The van der Waals surface area contributed by atoms with Gasteiger partial charge in [-0.15, -0.1) is 0 Å². The van der Waals surface area contributed by atoms with Gasteiger partial charge in [0.1, 0.15) is 11.5 Å². The van der Waals surface area contributed by atoms with Crippen molar-refractivity contribution in [1.29, 1.82) is 0 Å². The topological polar surface area (TPSA) is 56.8 Å². The molecule has 0 heterocycles. The van der Waals surface area contributed by atoms with Crippen molar-refractivity contribution in [3.63, 3.8) is 0 Å².